The molecule has 0 saturated heterocycles. The lowest BCUT2D eigenvalue weighted by Gasteiger charge is -2.27. The molecule has 0 saturated carbocycles. The zero-order chi connectivity index (χ0) is 29.2. The average molecular weight is 570 g/mol. The number of phenolic OH excluding ortho intramolecular Hbond substituents is 2. The van der Waals surface area contributed by atoms with Crippen molar-refractivity contribution in [3.8, 4) is 11.5 Å². The molecular weight excluding hydrogens is 523 g/mol. The minimum absolute atomic E-state index is 0.253. The van der Waals surface area contributed by atoms with E-state index in [9.17, 15) is 15.3 Å². The van der Waals surface area contributed by atoms with E-state index in [1.165, 1.54) is 28.8 Å². The van der Waals surface area contributed by atoms with Crippen LogP contribution in [0, 0.1) is 20.8 Å². The topological polar surface area (TPSA) is 60.7 Å². The van der Waals surface area contributed by atoms with Crippen molar-refractivity contribution in [3.63, 3.8) is 0 Å². The van der Waals surface area contributed by atoms with Crippen LogP contribution in [-0.2, 0) is 6.42 Å². The van der Waals surface area contributed by atoms with Crippen LogP contribution in [0.5, 0.6) is 11.5 Å². The van der Waals surface area contributed by atoms with E-state index in [1.807, 2.05) is 20.8 Å². The van der Waals surface area contributed by atoms with E-state index < -0.39 is 13.4 Å². The summed E-state index contributed by atoms with van der Waals surface area (Å²) in [7, 11) is -1.76. The highest BCUT2D eigenvalue weighted by Crippen LogP contribution is 2.56. The number of aromatic hydroxyl groups is 2. The average Bonchev–Trinajstić information content (AvgIpc) is 3.02. The van der Waals surface area contributed by atoms with Gasteiger partial charge in [-0.2, -0.15) is 0 Å². The normalized spacial score (nSPS) is 12.4. The summed E-state index contributed by atoms with van der Waals surface area (Å²) in [5.74, 6) is 0.508. The van der Waals surface area contributed by atoms with Gasteiger partial charge in [-0.15, -0.1) is 0 Å². The van der Waals surface area contributed by atoms with Crippen LogP contribution in [0.2, 0.25) is 0 Å². The Balaban J connectivity index is 1.31. The highest BCUT2D eigenvalue weighted by Gasteiger charge is 2.44. The predicted molar refractivity (Wildman–Crippen MR) is 176 cm³/mol. The molecule has 0 bridgehead atoms. The van der Waals surface area contributed by atoms with Gasteiger partial charge in [0.25, 0.3) is 0 Å². The van der Waals surface area contributed by atoms with Gasteiger partial charge >= 0.3 is 0 Å². The monoisotopic (exact) mass is 569 g/mol. The van der Waals surface area contributed by atoms with Crippen molar-refractivity contribution in [2.24, 2.45) is 0 Å². The Morgan fingerprint density at radius 3 is 1.49 bits per heavy atom. The van der Waals surface area contributed by atoms with Gasteiger partial charge in [-0.3, -0.25) is 0 Å². The molecule has 4 aromatic rings. The fourth-order valence-electron chi connectivity index (χ4n) is 6.09. The third-order valence-corrected chi connectivity index (χ3v) is 13.2. The zero-order valence-corrected chi connectivity index (χ0v) is 25.8. The van der Waals surface area contributed by atoms with Crippen LogP contribution < -0.4 is 15.9 Å². The number of phenols is 2. The summed E-state index contributed by atoms with van der Waals surface area (Å²) in [5, 5.41) is 35.9. The Bertz CT molecular complexity index is 1240. The van der Waals surface area contributed by atoms with E-state index >= 15 is 0 Å². The van der Waals surface area contributed by atoms with Crippen LogP contribution in [0.15, 0.2) is 91.0 Å². The summed E-state index contributed by atoms with van der Waals surface area (Å²) in [6.45, 7) is 5.49. The highest BCUT2D eigenvalue weighted by molar-refractivity contribution is 7.95. The highest BCUT2D eigenvalue weighted by atomic mass is 31.2. The van der Waals surface area contributed by atoms with E-state index in [-0.39, 0.29) is 11.5 Å². The van der Waals surface area contributed by atoms with E-state index in [0.29, 0.717) is 12.8 Å². The molecule has 3 nitrogen and oxygen atoms in total. The van der Waals surface area contributed by atoms with Gasteiger partial charge in [-0.25, -0.2) is 0 Å². The molecule has 0 aromatic heterocycles. The van der Waals surface area contributed by atoms with Crippen molar-refractivity contribution in [3.05, 3.63) is 113 Å². The molecule has 0 aliphatic rings. The lowest BCUT2D eigenvalue weighted by molar-refractivity contribution is 0.151. The van der Waals surface area contributed by atoms with Gasteiger partial charge in [0.1, 0.15) is 34.7 Å². The third kappa shape index (κ3) is 7.21. The zero-order valence-electron chi connectivity index (χ0n) is 24.9. The van der Waals surface area contributed by atoms with Gasteiger partial charge in [0.15, 0.2) is 0 Å². The molecule has 0 aliphatic heterocycles. The van der Waals surface area contributed by atoms with E-state index in [4.69, 9.17) is 0 Å². The number of aliphatic hydroxyl groups is 1. The maximum atomic E-state index is 10.6. The minimum Gasteiger partial charge on any atom is -0.507 e. The number of rotatable bonds is 14. The van der Waals surface area contributed by atoms with Crippen LogP contribution in [0.25, 0.3) is 0 Å². The molecular formula is C37H46O3P+. The van der Waals surface area contributed by atoms with E-state index in [2.05, 4.69) is 91.0 Å². The molecule has 4 rings (SSSR count). The molecule has 1 unspecified atom stereocenters. The first kappa shape index (κ1) is 30.8. The third-order valence-electron chi connectivity index (χ3n) is 8.72. The van der Waals surface area contributed by atoms with Crippen LogP contribution >= 0.6 is 7.26 Å². The minimum atomic E-state index is -1.76. The molecule has 0 spiro atoms. The Labute approximate surface area is 247 Å². The first-order chi connectivity index (χ1) is 19.9. The number of benzene rings is 4. The summed E-state index contributed by atoms with van der Waals surface area (Å²) < 4.78 is 0. The molecule has 0 fully saturated rings. The predicted octanol–water partition coefficient (Wildman–Crippen LogP) is 7.65. The van der Waals surface area contributed by atoms with Crippen LogP contribution in [0.4, 0.5) is 0 Å². The smallest absolute Gasteiger partial charge is 0.122 e. The molecule has 0 radical (unpaired) electrons. The van der Waals surface area contributed by atoms with E-state index in [1.54, 1.807) is 0 Å². The molecule has 0 amide bonds. The Morgan fingerprint density at radius 1 is 0.537 bits per heavy atom. The molecule has 4 aromatic carbocycles. The van der Waals surface area contributed by atoms with Crippen molar-refractivity contribution < 1.29 is 15.3 Å². The SMILES string of the molecule is Cc1c(C)c(O)c(CCC(O)CCCCCCC[P+](c2ccccc2)(c2ccccc2)c2ccccc2)c(C)c1O. The second-order valence-corrected chi connectivity index (χ2v) is 15.0. The second kappa shape index (κ2) is 14.7. The van der Waals surface area contributed by atoms with Gasteiger partial charge < -0.3 is 15.3 Å². The maximum Gasteiger partial charge on any atom is 0.122 e. The summed E-state index contributed by atoms with van der Waals surface area (Å²) in [5.41, 5.74) is 2.92. The summed E-state index contributed by atoms with van der Waals surface area (Å²) >= 11 is 0. The lowest BCUT2D eigenvalue weighted by atomic mass is 9.93. The van der Waals surface area contributed by atoms with Crippen molar-refractivity contribution in [2.45, 2.75) is 78.2 Å². The van der Waals surface area contributed by atoms with Gasteiger partial charge in [-0.05, 0) is 106 Å². The standard InChI is InChI=1S/C37H45O3P/c1-28-29(2)37(40)35(30(3)36(28)39)26-25-31(38)18-10-5-4-6-17-27-41(32-19-11-7-12-20-32,33-21-13-8-14-22-33)34-23-15-9-16-24-34/h7-9,11-16,19-24,31,38H,4-6,10,17-18,25-27H2,1-3H3,(H-,39,40)/p+1. The van der Waals surface area contributed by atoms with Crippen molar-refractivity contribution in [1.29, 1.82) is 0 Å². The fourth-order valence-corrected chi connectivity index (χ4v) is 10.5. The van der Waals surface area contributed by atoms with Crippen molar-refractivity contribution >= 4 is 23.2 Å². The van der Waals surface area contributed by atoms with Crippen molar-refractivity contribution in [2.75, 3.05) is 6.16 Å². The number of hydrogen-bond donors (Lipinski definition) is 3. The molecule has 3 N–H and O–H groups in total. The van der Waals surface area contributed by atoms with E-state index in [0.717, 1.165) is 54.1 Å². The second-order valence-electron chi connectivity index (χ2n) is 11.3. The van der Waals surface area contributed by atoms with Gasteiger partial charge in [0.05, 0.1) is 12.3 Å². The van der Waals surface area contributed by atoms with Gasteiger partial charge in [0, 0.05) is 5.56 Å². The molecule has 0 aliphatic carbocycles. The fraction of sp³-hybridized carbons (Fsp3) is 0.351. The summed E-state index contributed by atoms with van der Waals surface area (Å²) in [6, 6.07) is 33.3. The maximum absolute atomic E-state index is 10.6. The molecule has 0 heterocycles. The largest absolute Gasteiger partial charge is 0.507 e. The van der Waals surface area contributed by atoms with Crippen LogP contribution in [-0.4, -0.2) is 27.6 Å². The van der Waals surface area contributed by atoms with Gasteiger partial charge in [0.2, 0.25) is 0 Å². The number of hydrogen-bond acceptors (Lipinski definition) is 3. The molecule has 1 atom stereocenters. The number of unbranched alkanes of at least 4 members (excludes halogenated alkanes) is 4. The lowest BCUT2D eigenvalue weighted by Crippen LogP contribution is -2.33. The molecule has 4 heteroatoms. The molecule has 216 valence electrons. The molecule has 41 heavy (non-hydrogen) atoms. The number of aliphatic hydroxyl groups excluding tert-OH is 1. The van der Waals surface area contributed by atoms with Crippen LogP contribution in [0.3, 0.4) is 0 Å². The van der Waals surface area contributed by atoms with Gasteiger partial charge in [-0.1, -0.05) is 73.9 Å². The van der Waals surface area contributed by atoms with Crippen molar-refractivity contribution in [1.82, 2.24) is 0 Å². The first-order valence-corrected chi connectivity index (χ1v) is 17.1. The van der Waals surface area contributed by atoms with Crippen LogP contribution in [0.1, 0.15) is 67.2 Å². The quantitative estimate of drug-likeness (QED) is 0.0830. The Morgan fingerprint density at radius 2 is 0.976 bits per heavy atom. The Kier molecular flexibility index (Phi) is 11.0. The summed E-state index contributed by atoms with van der Waals surface area (Å²) in [4.78, 5) is 0. The summed E-state index contributed by atoms with van der Waals surface area (Å²) in [6.07, 6.45) is 8.31. The first-order valence-electron chi connectivity index (χ1n) is 15.1. The Hall–Kier alpha value is -3.13.